The van der Waals surface area contributed by atoms with Crippen molar-refractivity contribution in [2.45, 2.75) is 6.92 Å². The fourth-order valence-corrected chi connectivity index (χ4v) is 2.66. The number of tetrazole rings is 1. The van der Waals surface area contributed by atoms with Crippen LogP contribution in [0, 0.1) is 6.92 Å². The molecule has 4 aromatic rings. The molecule has 0 atom stereocenters. The van der Waals surface area contributed by atoms with E-state index in [-0.39, 0.29) is 0 Å². The first-order chi connectivity index (χ1) is 11.7. The number of halogens is 1. The molecule has 118 valence electrons. The molecular formula is C17H12ClN5O. The van der Waals surface area contributed by atoms with Crippen molar-refractivity contribution < 1.29 is 4.52 Å². The first kappa shape index (κ1) is 14.6. The summed E-state index contributed by atoms with van der Waals surface area (Å²) in [5.41, 5.74) is 3.57. The maximum absolute atomic E-state index is 5.95. The molecule has 0 aliphatic rings. The minimum atomic E-state index is 0.553. The number of nitrogens with zero attached hydrogens (tertiary/aromatic N) is 5. The molecule has 0 radical (unpaired) electrons. The van der Waals surface area contributed by atoms with Crippen LogP contribution in [0.1, 0.15) is 5.56 Å². The highest BCUT2D eigenvalue weighted by Crippen LogP contribution is 2.33. The molecule has 2 aromatic carbocycles. The third-order valence-electron chi connectivity index (χ3n) is 3.74. The summed E-state index contributed by atoms with van der Waals surface area (Å²) in [6.45, 7) is 2.02. The zero-order valence-corrected chi connectivity index (χ0v) is 13.5. The molecule has 0 unspecified atom stereocenters. The van der Waals surface area contributed by atoms with Crippen molar-refractivity contribution in [1.29, 1.82) is 0 Å². The number of rotatable bonds is 3. The van der Waals surface area contributed by atoms with Gasteiger partial charge in [-0.25, -0.2) is 0 Å². The van der Waals surface area contributed by atoms with E-state index >= 15 is 0 Å². The van der Waals surface area contributed by atoms with Gasteiger partial charge in [0.1, 0.15) is 0 Å². The Labute approximate surface area is 142 Å². The van der Waals surface area contributed by atoms with Gasteiger partial charge in [-0.3, -0.25) is 0 Å². The van der Waals surface area contributed by atoms with Crippen molar-refractivity contribution >= 4 is 11.6 Å². The SMILES string of the molecule is Cc1ccccc1-c1oncc1-c1nnnn1-c1ccc(Cl)cc1. The Morgan fingerprint density at radius 2 is 1.79 bits per heavy atom. The summed E-state index contributed by atoms with van der Waals surface area (Å²) >= 11 is 5.95. The number of aromatic nitrogens is 5. The van der Waals surface area contributed by atoms with Gasteiger partial charge in [0.2, 0.25) is 0 Å². The molecule has 0 aliphatic heterocycles. The minimum Gasteiger partial charge on any atom is -0.355 e. The quantitative estimate of drug-likeness (QED) is 0.566. The Morgan fingerprint density at radius 3 is 2.58 bits per heavy atom. The van der Waals surface area contributed by atoms with Crippen LogP contribution in [0.25, 0.3) is 28.4 Å². The van der Waals surface area contributed by atoms with Gasteiger partial charge >= 0.3 is 0 Å². The highest BCUT2D eigenvalue weighted by molar-refractivity contribution is 6.30. The van der Waals surface area contributed by atoms with Gasteiger partial charge < -0.3 is 4.52 Å². The predicted octanol–water partition coefficient (Wildman–Crippen LogP) is 3.95. The lowest BCUT2D eigenvalue weighted by Gasteiger charge is -2.06. The van der Waals surface area contributed by atoms with E-state index in [4.69, 9.17) is 16.1 Å². The third kappa shape index (κ3) is 2.47. The number of aryl methyl sites for hydroxylation is 1. The van der Waals surface area contributed by atoms with Crippen molar-refractivity contribution in [2.75, 3.05) is 0 Å². The number of benzene rings is 2. The van der Waals surface area contributed by atoms with Crippen LogP contribution in [0.4, 0.5) is 0 Å². The highest BCUT2D eigenvalue weighted by atomic mass is 35.5. The molecule has 0 N–H and O–H groups in total. The van der Waals surface area contributed by atoms with E-state index in [1.807, 2.05) is 43.3 Å². The summed E-state index contributed by atoms with van der Waals surface area (Å²) < 4.78 is 7.11. The van der Waals surface area contributed by atoms with Crippen LogP contribution in [0.3, 0.4) is 0 Å². The van der Waals surface area contributed by atoms with Gasteiger partial charge in [-0.15, -0.1) is 5.10 Å². The predicted molar refractivity (Wildman–Crippen MR) is 89.8 cm³/mol. The molecule has 0 bridgehead atoms. The van der Waals surface area contributed by atoms with E-state index in [9.17, 15) is 0 Å². The van der Waals surface area contributed by atoms with Crippen molar-refractivity contribution in [3.05, 3.63) is 65.3 Å². The summed E-state index contributed by atoms with van der Waals surface area (Å²) in [5, 5.41) is 16.6. The molecule has 0 spiro atoms. The fraction of sp³-hybridized carbons (Fsp3) is 0.0588. The van der Waals surface area contributed by atoms with E-state index in [1.54, 1.807) is 23.0 Å². The third-order valence-corrected chi connectivity index (χ3v) is 3.99. The van der Waals surface area contributed by atoms with Crippen LogP contribution in [0.15, 0.2) is 59.3 Å². The van der Waals surface area contributed by atoms with Gasteiger partial charge in [0.15, 0.2) is 11.6 Å². The van der Waals surface area contributed by atoms with Crippen molar-refractivity contribution in [1.82, 2.24) is 25.4 Å². The molecule has 4 rings (SSSR count). The molecule has 2 aromatic heterocycles. The van der Waals surface area contributed by atoms with Gasteiger partial charge in [-0.1, -0.05) is 41.0 Å². The number of hydrogen-bond donors (Lipinski definition) is 0. The lowest BCUT2D eigenvalue weighted by molar-refractivity contribution is 0.432. The first-order valence-corrected chi connectivity index (χ1v) is 7.67. The summed E-state index contributed by atoms with van der Waals surface area (Å²) in [4.78, 5) is 0. The molecule has 24 heavy (non-hydrogen) atoms. The Kier molecular flexibility index (Phi) is 3.59. The van der Waals surface area contributed by atoms with Crippen LogP contribution in [-0.2, 0) is 0 Å². The van der Waals surface area contributed by atoms with Crippen LogP contribution in [-0.4, -0.2) is 25.4 Å². The summed E-state index contributed by atoms with van der Waals surface area (Å²) in [6, 6.07) is 15.2. The van der Waals surface area contributed by atoms with Crippen LogP contribution in [0.2, 0.25) is 5.02 Å². The summed E-state index contributed by atoms with van der Waals surface area (Å²) in [5.74, 6) is 1.19. The first-order valence-electron chi connectivity index (χ1n) is 7.29. The monoisotopic (exact) mass is 337 g/mol. The molecule has 0 saturated carbocycles. The molecule has 0 fully saturated rings. The van der Waals surface area contributed by atoms with Crippen molar-refractivity contribution in [3.8, 4) is 28.4 Å². The largest absolute Gasteiger partial charge is 0.355 e. The Morgan fingerprint density at radius 1 is 1.00 bits per heavy atom. The minimum absolute atomic E-state index is 0.553. The highest BCUT2D eigenvalue weighted by Gasteiger charge is 2.20. The van der Waals surface area contributed by atoms with Gasteiger partial charge in [0.05, 0.1) is 17.4 Å². The van der Waals surface area contributed by atoms with E-state index in [2.05, 4.69) is 20.7 Å². The average molecular weight is 338 g/mol. The molecule has 2 heterocycles. The zero-order valence-electron chi connectivity index (χ0n) is 12.7. The summed E-state index contributed by atoms with van der Waals surface area (Å²) in [7, 11) is 0. The maximum Gasteiger partial charge on any atom is 0.192 e. The molecule has 0 aliphatic carbocycles. The molecule has 0 saturated heterocycles. The lowest BCUT2D eigenvalue weighted by Crippen LogP contribution is -1.99. The topological polar surface area (TPSA) is 69.6 Å². The van der Waals surface area contributed by atoms with E-state index in [0.717, 1.165) is 22.4 Å². The Balaban J connectivity index is 1.85. The van der Waals surface area contributed by atoms with Gasteiger partial charge in [0, 0.05) is 10.6 Å². The molecule has 0 amide bonds. The lowest BCUT2D eigenvalue weighted by atomic mass is 10.0. The normalized spacial score (nSPS) is 10.9. The van der Waals surface area contributed by atoms with Crippen LogP contribution < -0.4 is 0 Å². The Bertz CT molecular complexity index is 990. The van der Waals surface area contributed by atoms with Crippen molar-refractivity contribution in [3.63, 3.8) is 0 Å². The van der Waals surface area contributed by atoms with Crippen molar-refractivity contribution in [2.24, 2.45) is 0 Å². The number of hydrogen-bond acceptors (Lipinski definition) is 5. The van der Waals surface area contributed by atoms with E-state index in [1.165, 1.54) is 0 Å². The summed E-state index contributed by atoms with van der Waals surface area (Å²) in [6.07, 6.45) is 1.62. The van der Waals surface area contributed by atoms with Gasteiger partial charge in [-0.2, -0.15) is 4.68 Å². The second kappa shape index (κ2) is 5.90. The second-order valence-corrected chi connectivity index (χ2v) is 5.71. The van der Waals surface area contributed by atoms with Gasteiger partial charge in [0.25, 0.3) is 0 Å². The van der Waals surface area contributed by atoms with Gasteiger partial charge in [-0.05, 0) is 47.2 Å². The fourth-order valence-electron chi connectivity index (χ4n) is 2.53. The van der Waals surface area contributed by atoms with E-state index in [0.29, 0.717) is 16.6 Å². The smallest absolute Gasteiger partial charge is 0.192 e. The van der Waals surface area contributed by atoms with Crippen LogP contribution in [0.5, 0.6) is 0 Å². The zero-order chi connectivity index (χ0) is 16.5. The molecule has 7 heteroatoms. The van der Waals surface area contributed by atoms with Crippen LogP contribution >= 0.6 is 11.6 Å². The molecule has 6 nitrogen and oxygen atoms in total. The molecular weight excluding hydrogens is 326 g/mol. The second-order valence-electron chi connectivity index (χ2n) is 5.27. The average Bonchev–Trinajstić information content (AvgIpc) is 3.24. The van der Waals surface area contributed by atoms with E-state index < -0.39 is 0 Å². The Hall–Kier alpha value is -2.99. The maximum atomic E-state index is 5.95. The standard InChI is InChI=1S/C17H12ClN5O/c1-11-4-2-3-5-14(11)16-15(10-19-24-16)17-20-21-22-23(17)13-8-6-12(18)7-9-13/h2-10H,1H3.